The molecule has 134 valence electrons. The molecule has 7 heteroatoms. The fourth-order valence-corrected chi connectivity index (χ4v) is 4.59. The van der Waals surface area contributed by atoms with Crippen molar-refractivity contribution in [3.05, 3.63) is 29.8 Å². The average Bonchev–Trinajstić information content (AvgIpc) is 2.54. The lowest BCUT2D eigenvalue weighted by atomic mass is 10.0. The minimum absolute atomic E-state index is 0.0810. The number of hydrogen-bond donors (Lipinski definition) is 0. The topological polar surface area (TPSA) is 66.9 Å². The summed E-state index contributed by atoms with van der Waals surface area (Å²) in [7, 11) is -3.33. The number of carbonyl (C=O) groups is 1. The normalized spacial score (nSPS) is 19.5. The summed E-state index contributed by atoms with van der Waals surface area (Å²) in [6.07, 6.45) is 1.44. The summed E-state index contributed by atoms with van der Waals surface area (Å²) in [6.45, 7) is 6.89. The van der Waals surface area contributed by atoms with Crippen LogP contribution in [0.2, 0.25) is 0 Å². The van der Waals surface area contributed by atoms with Crippen molar-refractivity contribution in [2.45, 2.75) is 39.3 Å². The standard InChI is InChI=1S/C17H26N2O4S/c1-4-11-24(21,22)19-10-9-18(13-20)12-17(19)15-5-7-16(8-6-15)23-14(2)3/h5-8,13-14,17H,4,9-12H2,1-3H3. The molecular weight excluding hydrogens is 328 g/mol. The van der Waals surface area contributed by atoms with Crippen molar-refractivity contribution in [1.82, 2.24) is 9.21 Å². The largest absolute Gasteiger partial charge is 0.491 e. The Morgan fingerprint density at radius 1 is 1.25 bits per heavy atom. The molecule has 24 heavy (non-hydrogen) atoms. The molecule has 0 aliphatic carbocycles. The van der Waals surface area contributed by atoms with Crippen LogP contribution < -0.4 is 4.74 Å². The maximum absolute atomic E-state index is 12.6. The summed E-state index contributed by atoms with van der Waals surface area (Å²) < 4.78 is 32.3. The minimum Gasteiger partial charge on any atom is -0.491 e. The van der Waals surface area contributed by atoms with Gasteiger partial charge < -0.3 is 9.64 Å². The Labute approximate surface area is 144 Å². The molecule has 1 aromatic rings. The van der Waals surface area contributed by atoms with E-state index in [-0.39, 0.29) is 17.9 Å². The van der Waals surface area contributed by atoms with Crippen LogP contribution in [0.25, 0.3) is 0 Å². The van der Waals surface area contributed by atoms with Crippen LogP contribution >= 0.6 is 0 Å². The predicted molar refractivity (Wildman–Crippen MR) is 93.4 cm³/mol. The van der Waals surface area contributed by atoms with Gasteiger partial charge in [0.2, 0.25) is 16.4 Å². The number of rotatable bonds is 7. The molecule has 1 aromatic carbocycles. The minimum atomic E-state index is -3.33. The van der Waals surface area contributed by atoms with Crippen LogP contribution in [0.1, 0.15) is 38.8 Å². The van der Waals surface area contributed by atoms with Crippen molar-refractivity contribution < 1.29 is 17.9 Å². The maximum Gasteiger partial charge on any atom is 0.214 e. The second kappa shape index (κ2) is 7.98. The Balaban J connectivity index is 2.28. The number of ether oxygens (including phenoxy) is 1. The molecule has 0 aromatic heterocycles. The molecule has 0 N–H and O–H groups in total. The summed E-state index contributed by atoms with van der Waals surface area (Å²) in [6, 6.07) is 7.10. The van der Waals surface area contributed by atoms with E-state index in [4.69, 9.17) is 4.74 Å². The van der Waals surface area contributed by atoms with E-state index < -0.39 is 10.0 Å². The lowest BCUT2D eigenvalue weighted by Gasteiger charge is -2.39. The SMILES string of the molecule is CCCS(=O)(=O)N1CCN(C=O)CC1c1ccc(OC(C)C)cc1. The number of amides is 1. The molecule has 0 bridgehead atoms. The molecule has 1 atom stereocenters. The summed E-state index contributed by atoms with van der Waals surface area (Å²) >= 11 is 0. The third kappa shape index (κ3) is 4.48. The van der Waals surface area contributed by atoms with E-state index in [0.717, 1.165) is 17.7 Å². The first-order valence-corrected chi connectivity index (χ1v) is 9.93. The quantitative estimate of drug-likeness (QED) is 0.703. The van der Waals surface area contributed by atoms with Gasteiger partial charge in [-0.15, -0.1) is 0 Å². The first-order chi connectivity index (χ1) is 11.4. The van der Waals surface area contributed by atoms with E-state index in [0.29, 0.717) is 26.1 Å². The Hall–Kier alpha value is -1.60. The number of piperazine rings is 1. The number of nitrogens with zero attached hydrogens (tertiary/aromatic N) is 2. The first-order valence-electron chi connectivity index (χ1n) is 8.33. The van der Waals surface area contributed by atoms with Crippen molar-refractivity contribution in [3.63, 3.8) is 0 Å². The molecule has 1 heterocycles. The third-order valence-corrected chi connectivity index (χ3v) is 6.04. The smallest absolute Gasteiger partial charge is 0.214 e. The molecular formula is C17H26N2O4S. The first kappa shape index (κ1) is 18.7. The van der Waals surface area contributed by atoms with Crippen LogP contribution in [0.4, 0.5) is 0 Å². The van der Waals surface area contributed by atoms with Crippen LogP contribution in [0, 0.1) is 0 Å². The molecule has 0 spiro atoms. The maximum atomic E-state index is 12.6. The molecule has 1 fully saturated rings. The highest BCUT2D eigenvalue weighted by molar-refractivity contribution is 7.89. The Kier molecular flexibility index (Phi) is 6.23. The van der Waals surface area contributed by atoms with Crippen molar-refractivity contribution in [2.24, 2.45) is 0 Å². The lowest BCUT2D eigenvalue weighted by molar-refractivity contribution is -0.120. The molecule has 1 saturated heterocycles. The molecule has 6 nitrogen and oxygen atoms in total. The number of carbonyl (C=O) groups excluding carboxylic acids is 1. The Bertz CT molecular complexity index is 643. The van der Waals surface area contributed by atoms with Crippen LogP contribution in [-0.2, 0) is 14.8 Å². The van der Waals surface area contributed by atoms with Crippen LogP contribution in [-0.4, -0.2) is 55.5 Å². The van der Waals surface area contributed by atoms with Gasteiger partial charge in [-0.1, -0.05) is 19.1 Å². The van der Waals surface area contributed by atoms with Crippen molar-refractivity contribution in [2.75, 3.05) is 25.4 Å². The summed E-state index contributed by atoms with van der Waals surface area (Å²) in [5.74, 6) is 0.874. The van der Waals surface area contributed by atoms with E-state index in [2.05, 4.69) is 0 Å². The van der Waals surface area contributed by atoms with Crippen LogP contribution in [0.15, 0.2) is 24.3 Å². The molecule has 0 saturated carbocycles. The van der Waals surface area contributed by atoms with Crippen molar-refractivity contribution in [3.8, 4) is 5.75 Å². The van der Waals surface area contributed by atoms with Gasteiger partial charge in [0.15, 0.2) is 0 Å². The number of sulfonamides is 1. The van der Waals surface area contributed by atoms with E-state index in [1.54, 1.807) is 4.90 Å². The van der Waals surface area contributed by atoms with Crippen LogP contribution in [0.3, 0.4) is 0 Å². The third-order valence-electron chi connectivity index (χ3n) is 3.97. The molecule has 0 radical (unpaired) electrons. The van der Waals surface area contributed by atoms with Gasteiger partial charge in [-0.25, -0.2) is 8.42 Å². The van der Waals surface area contributed by atoms with E-state index >= 15 is 0 Å². The van der Waals surface area contributed by atoms with Gasteiger partial charge in [0.1, 0.15) is 5.75 Å². The van der Waals surface area contributed by atoms with Gasteiger partial charge in [0, 0.05) is 19.6 Å². The van der Waals surface area contributed by atoms with Gasteiger partial charge in [0.05, 0.1) is 17.9 Å². The monoisotopic (exact) mass is 354 g/mol. The number of hydrogen-bond acceptors (Lipinski definition) is 4. The summed E-state index contributed by atoms with van der Waals surface area (Å²) in [5, 5.41) is 0. The summed E-state index contributed by atoms with van der Waals surface area (Å²) in [4.78, 5) is 12.8. The molecule has 1 amide bonds. The zero-order chi connectivity index (χ0) is 17.7. The van der Waals surface area contributed by atoms with Crippen molar-refractivity contribution >= 4 is 16.4 Å². The number of benzene rings is 1. The van der Waals surface area contributed by atoms with Gasteiger partial charge >= 0.3 is 0 Å². The Morgan fingerprint density at radius 3 is 2.46 bits per heavy atom. The second-order valence-electron chi connectivity index (χ2n) is 6.28. The van der Waals surface area contributed by atoms with E-state index in [9.17, 15) is 13.2 Å². The molecule has 1 unspecified atom stereocenters. The fourth-order valence-electron chi connectivity index (χ4n) is 2.90. The van der Waals surface area contributed by atoms with E-state index in [1.165, 1.54) is 4.31 Å². The highest BCUT2D eigenvalue weighted by atomic mass is 32.2. The van der Waals surface area contributed by atoms with Crippen LogP contribution in [0.5, 0.6) is 5.75 Å². The van der Waals surface area contributed by atoms with Gasteiger partial charge in [-0.3, -0.25) is 4.79 Å². The molecule has 1 aliphatic heterocycles. The average molecular weight is 354 g/mol. The zero-order valence-corrected chi connectivity index (χ0v) is 15.3. The van der Waals surface area contributed by atoms with E-state index in [1.807, 2.05) is 45.0 Å². The highest BCUT2D eigenvalue weighted by Crippen LogP contribution is 2.29. The fraction of sp³-hybridized carbons (Fsp3) is 0.588. The van der Waals surface area contributed by atoms with Gasteiger partial charge in [-0.05, 0) is 38.0 Å². The molecule has 2 rings (SSSR count). The predicted octanol–water partition coefficient (Wildman–Crippen LogP) is 2.03. The second-order valence-corrected chi connectivity index (χ2v) is 8.32. The Morgan fingerprint density at radius 2 is 1.92 bits per heavy atom. The van der Waals surface area contributed by atoms with Gasteiger partial charge in [0.25, 0.3) is 0 Å². The highest BCUT2D eigenvalue weighted by Gasteiger charge is 2.35. The summed E-state index contributed by atoms with van der Waals surface area (Å²) in [5.41, 5.74) is 0.873. The molecule has 1 aliphatic rings. The lowest BCUT2D eigenvalue weighted by Crippen LogP contribution is -2.50. The van der Waals surface area contributed by atoms with Gasteiger partial charge in [-0.2, -0.15) is 4.31 Å². The zero-order valence-electron chi connectivity index (χ0n) is 14.5. The van der Waals surface area contributed by atoms with Crippen molar-refractivity contribution in [1.29, 1.82) is 0 Å².